The predicted molar refractivity (Wildman–Crippen MR) is 126 cm³/mol. The SMILES string of the molecule is CCCNC(=O)c1ccc(CSc2nc3ccncc3n2Cc2ccc(C)cc2)cc1. The molecule has 2 aromatic heterocycles. The van der Waals surface area contributed by atoms with Crippen LogP contribution in [-0.4, -0.2) is 27.0 Å². The minimum atomic E-state index is -0.0200. The molecule has 0 atom stereocenters. The monoisotopic (exact) mass is 430 g/mol. The number of carbonyl (C=O) groups is 1. The Balaban J connectivity index is 1.51. The zero-order valence-corrected chi connectivity index (χ0v) is 18.7. The third-order valence-electron chi connectivity index (χ3n) is 5.10. The number of thioether (sulfide) groups is 1. The summed E-state index contributed by atoms with van der Waals surface area (Å²) in [5.41, 5.74) is 6.32. The van der Waals surface area contributed by atoms with E-state index in [0.717, 1.165) is 40.5 Å². The average molecular weight is 431 g/mol. The van der Waals surface area contributed by atoms with E-state index >= 15 is 0 Å². The first-order chi connectivity index (χ1) is 15.1. The number of rotatable bonds is 8. The van der Waals surface area contributed by atoms with Crippen LogP contribution >= 0.6 is 11.8 Å². The molecule has 0 radical (unpaired) electrons. The third kappa shape index (κ3) is 5.14. The van der Waals surface area contributed by atoms with Gasteiger partial charge in [0.1, 0.15) is 0 Å². The zero-order valence-electron chi connectivity index (χ0n) is 17.8. The number of hydrogen-bond acceptors (Lipinski definition) is 4. The van der Waals surface area contributed by atoms with E-state index in [1.807, 2.05) is 43.5 Å². The van der Waals surface area contributed by atoms with Gasteiger partial charge in [-0.05, 0) is 42.7 Å². The van der Waals surface area contributed by atoms with E-state index in [0.29, 0.717) is 12.1 Å². The summed E-state index contributed by atoms with van der Waals surface area (Å²) in [4.78, 5) is 21.2. The number of imidazole rings is 1. The number of aromatic nitrogens is 3. The summed E-state index contributed by atoms with van der Waals surface area (Å²) >= 11 is 1.70. The van der Waals surface area contributed by atoms with Crippen molar-refractivity contribution in [3.05, 3.63) is 89.2 Å². The van der Waals surface area contributed by atoms with Crippen LogP contribution in [0.2, 0.25) is 0 Å². The van der Waals surface area contributed by atoms with Crippen molar-refractivity contribution < 1.29 is 4.79 Å². The molecule has 0 aliphatic rings. The van der Waals surface area contributed by atoms with Crippen molar-refractivity contribution in [2.45, 2.75) is 37.7 Å². The number of pyridine rings is 1. The van der Waals surface area contributed by atoms with Crippen molar-refractivity contribution in [2.24, 2.45) is 0 Å². The Hall–Kier alpha value is -3.12. The zero-order chi connectivity index (χ0) is 21.6. The highest BCUT2D eigenvalue weighted by molar-refractivity contribution is 7.98. The molecular weight excluding hydrogens is 404 g/mol. The molecule has 6 heteroatoms. The van der Waals surface area contributed by atoms with E-state index < -0.39 is 0 Å². The van der Waals surface area contributed by atoms with Gasteiger partial charge in [0.15, 0.2) is 5.16 Å². The van der Waals surface area contributed by atoms with Crippen molar-refractivity contribution >= 4 is 28.7 Å². The molecule has 0 aliphatic carbocycles. The summed E-state index contributed by atoms with van der Waals surface area (Å²) < 4.78 is 2.23. The number of nitrogens with zero attached hydrogens (tertiary/aromatic N) is 3. The molecule has 31 heavy (non-hydrogen) atoms. The number of nitrogens with one attached hydrogen (secondary N) is 1. The second-order valence-electron chi connectivity index (χ2n) is 7.57. The second kappa shape index (κ2) is 9.79. The standard InChI is InChI=1S/C25H26N4OS/c1-3-13-27-24(30)21-10-8-20(9-11-21)17-31-25-28-22-12-14-26-15-23(22)29(25)16-19-6-4-18(2)5-7-19/h4-12,14-15H,3,13,16-17H2,1-2H3,(H,27,30). The fourth-order valence-electron chi connectivity index (χ4n) is 3.33. The lowest BCUT2D eigenvalue weighted by molar-refractivity contribution is 0.0953. The first-order valence-corrected chi connectivity index (χ1v) is 11.5. The maximum atomic E-state index is 12.1. The Morgan fingerprint density at radius 2 is 1.77 bits per heavy atom. The van der Waals surface area contributed by atoms with E-state index in [-0.39, 0.29) is 5.91 Å². The highest BCUT2D eigenvalue weighted by Crippen LogP contribution is 2.27. The molecule has 5 nitrogen and oxygen atoms in total. The number of benzene rings is 2. The highest BCUT2D eigenvalue weighted by atomic mass is 32.2. The smallest absolute Gasteiger partial charge is 0.251 e. The van der Waals surface area contributed by atoms with Crippen molar-refractivity contribution in [1.29, 1.82) is 0 Å². The molecule has 4 rings (SSSR count). The van der Waals surface area contributed by atoms with Gasteiger partial charge < -0.3 is 9.88 Å². The minimum absolute atomic E-state index is 0.0200. The first-order valence-electron chi connectivity index (χ1n) is 10.5. The van der Waals surface area contributed by atoms with E-state index in [1.54, 1.807) is 18.0 Å². The Kier molecular flexibility index (Phi) is 6.67. The second-order valence-corrected chi connectivity index (χ2v) is 8.51. The van der Waals surface area contributed by atoms with Gasteiger partial charge in [0.05, 0.1) is 23.8 Å². The lowest BCUT2D eigenvalue weighted by atomic mass is 10.1. The van der Waals surface area contributed by atoms with E-state index in [1.165, 1.54) is 11.1 Å². The third-order valence-corrected chi connectivity index (χ3v) is 6.14. The molecule has 0 bridgehead atoms. The number of amides is 1. The van der Waals surface area contributed by atoms with Gasteiger partial charge in [-0.2, -0.15) is 0 Å². The Bertz CT molecular complexity index is 1170. The quantitative estimate of drug-likeness (QED) is 0.389. The first kappa shape index (κ1) is 21.1. The summed E-state index contributed by atoms with van der Waals surface area (Å²) in [6, 6.07) is 18.4. The molecule has 0 fully saturated rings. The van der Waals surface area contributed by atoms with Crippen LogP contribution < -0.4 is 5.32 Å². The minimum Gasteiger partial charge on any atom is -0.352 e. The lowest BCUT2D eigenvalue weighted by Crippen LogP contribution is -2.23. The molecule has 0 saturated carbocycles. The maximum Gasteiger partial charge on any atom is 0.251 e. The molecule has 0 aliphatic heterocycles. The van der Waals surface area contributed by atoms with Crippen LogP contribution in [0.5, 0.6) is 0 Å². The summed E-state index contributed by atoms with van der Waals surface area (Å²) in [6.45, 7) is 5.59. The van der Waals surface area contributed by atoms with Gasteiger partial charge in [0, 0.05) is 24.1 Å². The Morgan fingerprint density at radius 1 is 1.03 bits per heavy atom. The molecule has 158 valence electrons. The van der Waals surface area contributed by atoms with Gasteiger partial charge in [-0.3, -0.25) is 9.78 Å². The van der Waals surface area contributed by atoms with Gasteiger partial charge in [-0.15, -0.1) is 0 Å². The van der Waals surface area contributed by atoms with Crippen LogP contribution in [0.4, 0.5) is 0 Å². The highest BCUT2D eigenvalue weighted by Gasteiger charge is 2.13. The molecular formula is C25H26N4OS. The predicted octanol–water partition coefficient (Wildman–Crippen LogP) is 5.22. The van der Waals surface area contributed by atoms with E-state index in [2.05, 4.69) is 46.1 Å². The Labute approximate surface area is 186 Å². The van der Waals surface area contributed by atoms with Gasteiger partial charge in [-0.25, -0.2) is 4.98 Å². The normalized spacial score (nSPS) is 11.0. The van der Waals surface area contributed by atoms with E-state index in [9.17, 15) is 4.79 Å². The molecule has 0 unspecified atom stereocenters. The van der Waals surface area contributed by atoms with Crippen LogP contribution in [0.3, 0.4) is 0 Å². The van der Waals surface area contributed by atoms with Crippen LogP contribution in [0, 0.1) is 6.92 Å². The van der Waals surface area contributed by atoms with Crippen LogP contribution in [0.15, 0.2) is 72.1 Å². The number of aryl methyl sites for hydroxylation is 1. The van der Waals surface area contributed by atoms with Crippen LogP contribution in [0.25, 0.3) is 11.0 Å². The summed E-state index contributed by atoms with van der Waals surface area (Å²) in [5.74, 6) is 0.759. The van der Waals surface area contributed by atoms with Crippen molar-refractivity contribution in [3.63, 3.8) is 0 Å². The average Bonchev–Trinajstić information content (AvgIpc) is 3.15. The van der Waals surface area contributed by atoms with Crippen molar-refractivity contribution in [1.82, 2.24) is 19.9 Å². The molecule has 2 heterocycles. The van der Waals surface area contributed by atoms with Crippen LogP contribution in [0.1, 0.15) is 40.4 Å². The summed E-state index contributed by atoms with van der Waals surface area (Å²) in [7, 11) is 0. The number of carbonyl (C=O) groups excluding carboxylic acids is 1. The largest absolute Gasteiger partial charge is 0.352 e. The van der Waals surface area contributed by atoms with Gasteiger partial charge in [-0.1, -0.05) is 60.6 Å². The molecule has 0 spiro atoms. The van der Waals surface area contributed by atoms with E-state index in [4.69, 9.17) is 4.98 Å². The summed E-state index contributed by atoms with van der Waals surface area (Å²) in [5, 5.41) is 3.88. The molecule has 2 aromatic carbocycles. The van der Waals surface area contributed by atoms with Gasteiger partial charge in [0.25, 0.3) is 5.91 Å². The number of fused-ring (bicyclic) bond motifs is 1. The fraction of sp³-hybridized carbons (Fsp3) is 0.240. The fourth-order valence-corrected chi connectivity index (χ4v) is 4.30. The molecule has 0 saturated heterocycles. The van der Waals surface area contributed by atoms with Crippen molar-refractivity contribution in [2.75, 3.05) is 6.54 Å². The summed E-state index contributed by atoms with van der Waals surface area (Å²) in [6.07, 6.45) is 4.59. The number of hydrogen-bond donors (Lipinski definition) is 1. The molecule has 1 N–H and O–H groups in total. The van der Waals surface area contributed by atoms with Crippen LogP contribution in [-0.2, 0) is 12.3 Å². The topological polar surface area (TPSA) is 59.8 Å². The maximum absolute atomic E-state index is 12.1. The van der Waals surface area contributed by atoms with Gasteiger partial charge >= 0.3 is 0 Å². The molecule has 1 amide bonds. The molecule has 4 aromatic rings. The Morgan fingerprint density at radius 3 is 2.52 bits per heavy atom. The lowest BCUT2D eigenvalue weighted by Gasteiger charge is -2.10. The van der Waals surface area contributed by atoms with Crippen molar-refractivity contribution in [3.8, 4) is 0 Å². The van der Waals surface area contributed by atoms with Gasteiger partial charge in [0.2, 0.25) is 0 Å².